The van der Waals surface area contributed by atoms with E-state index >= 15 is 0 Å². The summed E-state index contributed by atoms with van der Waals surface area (Å²) in [6.07, 6.45) is 3.55. The van der Waals surface area contributed by atoms with Gasteiger partial charge in [-0.15, -0.1) is 0 Å². The Morgan fingerprint density at radius 1 is 1.56 bits per heavy atom. The summed E-state index contributed by atoms with van der Waals surface area (Å²) < 4.78 is 10.5. The highest BCUT2D eigenvalue weighted by molar-refractivity contribution is 6.31. The SMILES string of the molecule is COc1ncc(Cl)c(OC2CC(CN)C2)n1. The molecule has 1 aromatic rings. The maximum Gasteiger partial charge on any atom is 0.319 e. The van der Waals surface area contributed by atoms with Gasteiger partial charge in [0.05, 0.1) is 13.3 Å². The van der Waals surface area contributed by atoms with Crippen molar-refractivity contribution in [3.63, 3.8) is 0 Å². The van der Waals surface area contributed by atoms with Gasteiger partial charge in [0.15, 0.2) is 0 Å². The number of rotatable bonds is 4. The zero-order valence-corrected chi connectivity index (χ0v) is 9.78. The van der Waals surface area contributed by atoms with Crippen LogP contribution in [0.25, 0.3) is 0 Å². The Kier molecular flexibility index (Phi) is 3.46. The Hall–Kier alpha value is -1.07. The zero-order chi connectivity index (χ0) is 11.5. The molecule has 5 nitrogen and oxygen atoms in total. The van der Waals surface area contributed by atoms with Crippen LogP contribution in [0.5, 0.6) is 11.9 Å². The fourth-order valence-corrected chi connectivity index (χ4v) is 1.77. The highest BCUT2D eigenvalue weighted by Crippen LogP contribution is 2.32. The molecule has 1 fully saturated rings. The Labute approximate surface area is 98.9 Å². The minimum absolute atomic E-state index is 0.158. The van der Waals surface area contributed by atoms with Gasteiger partial charge in [-0.1, -0.05) is 11.6 Å². The molecular weight excluding hydrogens is 230 g/mol. The molecule has 0 bridgehead atoms. The first-order valence-corrected chi connectivity index (χ1v) is 5.54. The summed E-state index contributed by atoms with van der Waals surface area (Å²) >= 11 is 5.92. The van der Waals surface area contributed by atoms with Crippen LogP contribution in [0.1, 0.15) is 12.8 Å². The molecule has 0 amide bonds. The van der Waals surface area contributed by atoms with Gasteiger partial charge in [-0.3, -0.25) is 0 Å². The maximum atomic E-state index is 5.92. The average molecular weight is 244 g/mol. The van der Waals surface area contributed by atoms with E-state index in [0.29, 0.717) is 23.4 Å². The highest BCUT2D eigenvalue weighted by atomic mass is 35.5. The standard InChI is InChI=1S/C10H14ClN3O2/c1-15-10-13-5-8(11)9(14-10)16-7-2-6(3-7)4-12/h5-7H,2-4,12H2,1H3. The second-order valence-electron chi connectivity index (χ2n) is 3.82. The molecule has 0 aromatic carbocycles. The van der Waals surface area contributed by atoms with Crippen LogP contribution in [-0.2, 0) is 0 Å². The van der Waals surface area contributed by atoms with Crippen molar-refractivity contribution >= 4 is 11.6 Å². The summed E-state index contributed by atoms with van der Waals surface area (Å²) in [5.74, 6) is 0.946. The average Bonchev–Trinajstić information content (AvgIpc) is 2.25. The van der Waals surface area contributed by atoms with Crippen molar-refractivity contribution in [2.75, 3.05) is 13.7 Å². The quantitative estimate of drug-likeness (QED) is 0.862. The largest absolute Gasteiger partial charge is 0.473 e. The zero-order valence-electron chi connectivity index (χ0n) is 9.02. The number of aromatic nitrogens is 2. The normalized spacial score (nSPS) is 23.7. The van der Waals surface area contributed by atoms with Crippen molar-refractivity contribution in [2.45, 2.75) is 18.9 Å². The number of methoxy groups -OCH3 is 1. The number of ether oxygens (including phenoxy) is 2. The van der Waals surface area contributed by atoms with Gasteiger partial charge in [-0.05, 0) is 25.3 Å². The molecule has 16 heavy (non-hydrogen) atoms. The smallest absolute Gasteiger partial charge is 0.319 e. The van der Waals surface area contributed by atoms with Crippen molar-refractivity contribution in [2.24, 2.45) is 11.7 Å². The lowest BCUT2D eigenvalue weighted by Crippen LogP contribution is -2.38. The van der Waals surface area contributed by atoms with Gasteiger partial charge in [0, 0.05) is 0 Å². The molecule has 88 valence electrons. The van der Waals surface area contributed by atoms with E-state index in [1.165, 1.54) is 13.3 Å². The molecule has 1 aliphatic carbocycles. The van der Waals surface area contributed by atoms with Gasteiger partial charge in [0.25, 0.3) is 0 Å². The fourth-order valence-electron chi connectivity index (χ4n) is 1.64. The highest BCUT2D eigenvalue weighted by Gasteiger charge is 2.30. The third-order valence-electron chi connectivity index (χ3n) is 2.68. The molecule has 0 radical (unpaired) electrons. The van der Waals surface area contributed by atoms with E-state index in [1.54, 1.807) is 0 Å². The molecule has 0 aliphatic heterocycles. The summed E-state index contributed by atoms with van der Waals surface area (Å²) in [4.78, 5) is 7.92. The topological polar surface area (TPSA) is 70.3 Å². The van der Waals surface area contributed by atoms with Crippen LogP contribution in [0.2, 0.25) is 5.02 Å². The molecule has 1 saturated carbocycles. The number of hydrogen-bond donors (Lipinski definition) is 1. The van der Waals surface area contributed by atoms with Crippen LogP contribution in [0, 0.1) is 5.92 Å². The first kappa shape index (κ1) is 11.4. The molecule has 2 N–H and O–H groups in total. The minimum Gasteiger partial charge on any atom is -0.473 e. The molecule has 1 heterocycles. The fraction of sp³-hybridized carbons (Fsp3) is 0.600. The number of hydrogen-bond acceptors (Lipinski definition) is 5. The monoisotopic (exact) mass is 243 g/mol. The summed E-state index contributed by atoms with van der Waals surface area (Å²) in [6.45, 7) is 0.709. The Bertz CT molecular complexity index is 369. The van der Waals surface area contributed by atoms with Crippen LogP contribution < -0.4 is 15.2 Å². The maximum absolute atomic E-state index is 5.92. The van der Waals surface area contributed by atoms with Crippen LogP contribution in [-0.4, -0.2) is 29.7 Å². The van der Waals surface area contributed by atoms with E-state index in [0.717, 1.165) is 12.8 Å². The van der Waals surface area contributed by atoms with Crippen LogP contribution in [0.15, 0.2) is 6.20 Å². The number of nitrogens with zero attached hydrogens (tertiary/aromatic N) is 2. The second kappa shape index (κ2) is 4.84. The van der Waals surface area contributed by atoms with E-state index in [-0.39, 0.29) is 12.1 Å². The summed E-state index contributed by atoms with van der Waals surface area (Å²) in [7, 11) is 1.50. The van der Waals surface area contributed by atoms with Crippen molar-refractivity contribution in [3.05, 3.63) is 11.2 Å². The lowest BCUT2D eigenvalue weighted by atomic mass is 9.82. The summed E-state index contributed by atoms with van der Waals surface area (Å²) in [5.41, 5.74) is 5.54. The van der Waals surface area contributed by atoms with Crippen molar-refractivity contribution < 1.29 is 9.47 Å². The summed E-state index contributed by atoms with van der Waals surface area (Å²) in [6, 6.07) is 0.258. The second-order valence-corrected chi connectivity index (χ2v) is 4.23. The first-order valence-electron chi connectivity index (χ1n) is 5.16. The lowest BCUT2D eigenvalue weighted by Gasteiger charge is -2.34. The lowest BCUT2D eigenvalue weighted by molar-refractivity contribution is 0.0642. The van der Waals surface area contributed by atoms with Gasteiger partial charge in [0.2, 0.25) is 5.88 Å². The predicted octanol–water partition coefficient (Wildman–Crippen LogP) is 1.25. The van der Waals surface area contributed by atoms with Gasteiger partial charge in [-0.25, -0.2) is 4.98 Å². The molecule has 1 aliphatic rings. The molecule has 0 atom stereocenters. The van der Waals surface area contributed by atoms with Crippen LogP contribution >= 0.6 is 11.6 Å². The molecule has 1 aromatic heterocycles. The molecule has 2 rings (SSSR count). The van der Waals surface area contributed by atoms with E-state index in [1.807, 2.05) is 0 Å². The van der Waals surface area contributed by atoms with Crippen molar-refractivity contribution in [3.8, 4) is 11.9 Å². The van der Waals surface area contributed by atoms with E-state index < -0.39 is 0 Å². The van der Waals surface area contributed by atoms with Gasteiger partial charge >= 0.3 is 6.01 Å². The van der Waals surface area contributed by atoms with Gasteiger partial charge < -0.3 is 15.2 Å². The van der Waals surface area contributed by atoms with E-state index in [2.05, 4.69) is 9.97 Å². The van der Waals surface area contributed by atoms with Crippen LogP contribution in [0.4, 0.5) is 0 Å². The third kappa shape index (κ3) is 2.36. The number of nitrogens with two attached hydrogens (primary N) is 1. The Morgan fingerprint density at radius 2 is 2.31 bits per heavy atom. The molecule has 6 heteroatoms. The number of halogens is 1. The van der Waals surface area contributed by atoms with Crippen molar-refractivity contribution in [1.29, 1.82) is 0 Å². The van der Waals surface area contributed by atoms with E-state index in [9.17, 15) is 0 Å². The molecular formula is C10H14ClN3O2. The first-order chi connectivity index (χ1) is 7.72. The minimum atomic E-state index is 0.158. The molecule has 0 saturated heterocycles. The van der Waals surface area contributed by atoms with Gasteiger partial charge in [-0.2, -0.15) is 4.98 Å². The Morgan fingerprint density at radius 3 is 2.94 bits per heavy atom. The summed E-state index contributed by atoms with van der Waals surface area (Å²) in [5, 5.41) is 0.400. The molecule has 0 unspecified atom stereocenters. The van der Waals surface area contributed by atoms with Crippen LogP contribution in [0.3, 0.4) is 0 Å². The third-order valence-corrected chi connectivity index (χ3v) is 2.94. The van der Waals surface area contributed by atoms with Crippen molar-refractivity contribution in [1.82, 2.24) is 9.97 Å². The predicted molar refractivity (Wildman–Crippen MR) is 59.8 cm³/mol. The van der Waals surface area contributed by atoms with Gasteiger partial charge in [0.1, 0.15) is 11.1 Å². The molecule has 0 spiro atoms. The van der Waals surface area contributed by atoms with E-state index in [4.69, 9.17) is 26.8 Å². The Balaban J connectivity index is 1.98.